The first-order valence-corrected chi connectivity index (χ1v) is 5.69. The van der Waals surface area contributed by atoms with Crippen LogP contribution in [0.2, 0.25) is 0 Å². The summed E-state index contributed by atoms with van der Waals surface area (Å²) in [6.07, 6.45) is 0. The van der Waals surface area contributed by atoms with Crippen LogP contribution in [0.15, 0.2) is 35.4 Å². The molecule has 0 heterocycles. The molecule has 0 N–H and O–H groups in total. The van der Waals surface area contributed by atoms with Gasteiger partial charge in [-0.1, -0.05) is 56.2 Å². The normalized spacial score (nSPS) is 17.1. The summed E-state index contributed by atoms with van der Waals surface area (Å²) in [4.78, 5) is 0. The molecule has 1 aliphatic rings. The first-order valence-electron chi connectivity index (χ1n) is 5.69. The average Bonchev–Trinajstić information content (AvgIpc) is 2.74. The van der Waals surface area contributed by atoms with E-state index in [-0.39, 0.29) is 5.41 Å². The molecule has 1 aromatic carbocycles. The molecule has 0 saturated heterocycles. The highest BCUT2D eigenvalue weighted by molar-refractivity contribution is 5.52. The lowest BCUT2D eigenvalue weighted by Gasteiger charge is -2.19. The molecule has 0 heteroatoms. The smallest absolute Gasteiger partial charge is 0.0258 e. The summed E-state index contributed by atoms with van der Waals surface area (Å²) in [5.41, 5.74) is 6.25. The van der Waals surface area contributed by atoms with Crippen LogP contribution in [0.1, 0.15) is 51.7 Å². The SMILES string of the molecule is CC1=C(C)C1c1ccc(C(C)(C)C)cc1. The van der Waals surface area contributed by atoms with Crippen LogP contribution in [0.5, 0.6) is 0 Å². The molecule has 2 rings (SSSR count). The standard InChI is InChI=1S/C15H20/c1-10-11(2)14(10)12-6-8-13(9-7-12)15(3,4)5/h6-9,14H,1-5H3. The van der Waals surface area contributed by atoms with E-state index in [9.17, 15) is 0 Å². The summed E-state index contributed by atoms with van der Waals surface area (Å²) in [7, 11) is 0. The monoisotopic (exact) mass is 200 g/mol. The lowest BCUT2D eigenvalue weighted by Crippen LogP contribution is -2.10. The predicted octanol–water partition coefficient (Wildman–Crippen LogP) is 4.42. The minimum absolute atomic E-state index is 0.263. The Morgan fingerprint density at radius 1 is 0.867 bits per heavy atom. The topological polar surface area (TPSA) is 0 Å². The molecule has 0 saturated carbocycles. The van der Waals surface area contributed by atoms with Crippen molar-refractivity contribution in [2.45, 2.75) is 46.0 Å². The lowest BCUT2D eigenvalue weighted by atomic mass is 9.86. The molecule has 0 amide bonds. The van der Waals surface area contributed by atoms with Crippen LogP contribution >= 0.6 is 0 Å². The number of allylic oxidation sites excluding steroid dienone is 2. The van der Waals surface area contributed by atoms with E-state index in [2.05, 4.69) is 58.9 Å². The van der Waals surface area contributed by atoms with Crippen molar-refractivity contribution in [1.29, 1.82) is 0 Å². The van der Waals surface area contributed by atoms with Gasteiger partial charge in [0.1, 0.15) is 0 Å². The fourth-order valence-electron chi connectivity index (χ4n) is 2.15. The third-order valence-corrected chi connectivity index (χ3v) is 3.51. The number of hydrogen-bond donors (Lipinski definition) is 0. The molecule has 0 fully saturated rings. The van der Waals surface area contributed by atoms with Crippen molar-refractivity contribution < 1.29 is 0 Å². The fourth-order valence-corrected chi connectivity index (χ4v) is 2.15. The summed E-state index contributed by atoms with van der Waals surface area (Å²) in [6, 6.07) is 9.11. The second-order valence-corrected chi connectivity index (χ2v) is 5.67. The quantitative estimate of drug-likeness (QED) is 0.589. The number of rotatable bonds is 1. The Balaban J connectivity index is 2.20. The molecule has 15 heavy (non-hydrogen) atoms. The summed E-state index contributed by atoms with van der Waals surface area (Å²) in [5.74, 6) is 0.652. The molecule has 0 aliphatic heterocycles. The van der Waals surface area contributed by atoms with Crippen LogP contribution in [-0.2, 0) is 5.41 Å². The first-order chi connectivity index (χ1) is 6.91. The maximum Gasteiger partial charge on any atom is 0.0258 e. The van der Waals surface area contributed by atoms with E-state index in [1.54, 1.807) is 11.1 Å². The van der Waals surface area contributed by atoms with Gasteiger partial charge in [-0.25, -0.2) is 0 Å². The predicted molar refractivity (Wildman–Crippen MR) is 66.3 cm³/mol. The second-order valence-electron chi connectivity index (χ2n) is 5.67. The van der Waals surface area contributed by atoms with Gasteiger partial charge < -0.3 is 0 Å². The summed E-state index contributed by atoms with van der Waals surface area (Å²) in [6.45, 7) is 11.2. The van der Waals surface area contributed by atoms with Gasteiger partial charge in [-0.15, -0.1) is 0 Å². The highest BCUT2D eigenvalue weighted by Crippen LogP contribution is 2.47. The van der Waals surface area contributed by atoms with Gasteiger partial charge in [-0.2, -0.15) is 0 Å². The Kier molecular flexibility index (Phi) is 2.26. The molecule has 0 atom stereocenters. The van der Waals surface area contributed by atoms with Gasteiger partial charge in [0, 0.05) is 5.92 Å². The zero-order chi connectivity index (χ0) is 11.2. The second kappa shape index (κ2) is 3.23. The summed E-state index contributed by atoms with van der Waals surface area (Å²) < 4.78 is 0. The van der Waals surface area contributed by atoms with Crippen molar-refractivity contribution >= 4 is 0 Å². The van der Waals surface area contributed by atoms with Gasteiger partial charge in [0.2, 0.25) is 0 Å². The third-order valence-electron chi connectivity index (χ3n) is 3.51. The average molecular weight is 200 g/mol. The summed E-state index contributed by atoms with van der Waals surface area (Å²) in [5, 5.41) is 0. The van der Waals surface area contributed by atoms with Gasteiger partial charge in [-0.05, 0) is 30.4 Å². The largest absolute Gasteiger partial charge is 0.0619 e. The minimum Gasteiger partial charge on any atom is -0.0619 e. The molecule has 1 aliphatic carbocycles. The van der Waals surface area contributed by atoms with Crippen LogP contribution in [0.25, 0.3) is 0 Å². The van der Waals surface area contributed by atoms with Crippen LogP contribution in [0, 0.1) is 0 Å². The third kappa shape index (κ3) is 1.86. The Morgan fingerprint density at radius 3 is 1.67 bits per heavy atom. The Labute approximate surface area is 93.0 Å². The van der Waals surface area contributed by atoms with Crippen molar-refractivity contribution in [3.8, 4) is 0 Å². The summed E-state index contributed by atoms with van der Waals surface area (Å²) >= 11 is 0. The molecular formula is C15H20. The van der Waals surface area contributed by atoms with Crippen molar-refractivity contribution in [2.24, 2.45) is 0 Å². The molecule has 1 aromatic rings. The maximum atomic E-state index is 2.28. The van der Waals surface area contributed by atoms with Crippen LogP contribution in [0.4, 0.5) is 0 Å². The number of hydrogen-bond acceptors (Lipinski definition) is 0. The highest BCUT2D eigenvalue weighted by atomic mass is 14.3. The van der Waals surface area contributed by atoms with E-state index in [1.807, 2.05) is 0 Å². The molecule has 0 bridgehead atoms. The van der Waals surface area contributed by atoms with E-state index in [1.165, 1.54) is 11.1 Å². The van der Waals surface area contributed by atoms with Crippen molar-refractivity contribution in [2.75, 3.05) is 0 Å². The van der Waals surface area contributed by atoms with E-state index < -0.39 is 0 Å². The zero-order valence-electron chi connectivity index (χ0n) is 10.4. The van der Waals surface area contributed by atoms with Gasteiger partial charge in [0.05, 0.1) is 0 Å². The van der Waals surface area contributed by atoms with Gasteiger partial charge in [0.15, 0.2) is 0 Å². The van der Waals surface area contributed by atoms with E-state index in [0.717, 1.165) is 0 Å². The van der Waals surface area contributed by atoms with Gasteiger partial charge in [0.25, 0.3) is 0 Å². The maximum absolute atomic E-state index is 2.28. The van der Waals surface area contributed by atoms with Crippen molar-refractivity contribution in [3.63, 3.8) is 0 Å². The zero-order valence-corrected chi connectivity index (χ0v) is 10.4. The fraction of sp³-hybridized carbons (Fsp3) is 0.467. The Hall–Kier alpha value is -1.04. The van der Waals surface area contributed by atoms with E-state index >= 15 is 0 Å². The van der Waals surface area contributed by atoms with E-state index in [4.69, 9.17) is 0 Å². The molecule has 0 spiro atoms. The molecule has 80 valence electrons. The molecule has 0 unspecified atom stereocenters. The van der Waals surface area contributed by atoms with Crippen molar-refractivity contribution in [1.82, 2.24) is 0 Å². The lowest BCUT2D eigenvalue weighted by molar-refractivity contribution is 0.590. The van der Waals surface area contributed by atoms with Crippen LogP contribution < -0.4 is 0 Å². The van der Waals surface area contributed by atoms with Crippen LogP contribution in [-0.4, -0.2) is 0 Å². The van der Waals surface area contributed by atoms with Crippen molar-refractivity contribution in [3.05, 3.63) is 46.5 Å². The molecule has 0 radical (unpaired) electrons. The Morgan fingerprint density at radius 2 is 1.33 bits per heavy atom. The Bertz CT molecular complexity index is 387. The van der Waals surface area contributed by atoms with Crippen LogP contribution in [0.3, 0.4) is 0 Å². The minimum atomic E-state index is 0.263. The number of benzene rings is 1. The van der Waals surface area contributed by atoms with E-state index in [0.29, 0.717) is 5.92 Å². The molecule has 0 nitrogen and oxygen atoms in total. The van der Waals surface area contributed by atoms with Gasteiger partial charge in [-0.3, -0.25) is 0 Å². The highest BCUT2D eigenvalue weighted by Gasteiger charge is 2.30. The molecular weight excluding hydrogens is 180 g/mol. The molecule has 0 aromatic heterocycles. The first kappa shape index (κ1) is 10.5. The van der Waals surface area contributed by atoms with Gasteiger partial charge >= 0.3 is 0 Å².